The molecular formula is C27H37FN4O4. The summed E-state index contributed by atoms with van der Waals surface area (Å²) < 4.78 is 25.8. The number of likely N-dealkylation sites (N-methyl/N-ethyl adjacent to an activating group) is 1. The molecule has 1 heterocycles. The Morgan fingerprint density at radius 1 is 1.17 bits per heavy atom. The number of rotatable bonds is 5. The minimum atomic E-state index is -0.601. The Bertz CT molecular complexity index is 1050. The van der Waals surface area contributed by atoms with Crippen molar-refractivity contribution in [2.24, 2.45) is 5.92 Å². The summed E-state index contributed by atoms with van der Waals surface area (Å²) in [5.74, 6) is -0.129. The molecule has 36 heavy (non-hydrogen) atoms. The Kier molecular flexibility index (Phi) is 9.66. The molecule has 3 atom stereocenters. The standard InChI is InChI=1S/C27H37FN4O4/c1-6-13-32-15-18(2)25(35-5)16-31(4)26(33)21-12-11-20(14-24(21)36-17-19(32)3)29-27(34)30-23-10-8-7-9-22(23)28/h7-12,14,18-19,25H,6,13,15-17H2,1-5H3,(H2,29,30,34)/t18-,19+,25-/m0/s1. The maximum atomic E-state index is 13.9. The normalized spacial score (nSPS) is 21.6. The van der Waals surface area contributed by atoms with Gasteiger partial charge in [0.25, 0.3) is 5.91 Å². The van der Waals surface area contributed by atoms with Crippen molar-refractivity contribution in [1.82, 2.24) is 9.80 Å². The SMILES string of the molecule is CCCN1C[C@H](C)[C@@H](OC)CN(C)C(=O)c2ccc(NC(=O)Nc3ccccc3F)cc2OC[C@H]1C. The Morgan fingerprint density at radius 3 is 2.61 bits per heavy atom. The van der Waals surface area contributed by atoms with Gasteiger partial charge in [0.1, 0.15) is 18.2 Å². The summed E-state index contributed by atoms with van der Waals surface area (Å²) in [7, 11) is 3.43. The van der Waals surface area contributed by atoms with Crippen molar-refractivity contribution in [2.75, 3.05) is 51.0 Å². The van der Waals surface area contributed by atoms with E-state index in [2.05, 4.69) is 36.3 Å². The molecule has 1 aliphatic heterocycles. The zero-order valence-corrected chi connectivity index (χ0v) is 21.7. The number of para-hydroxylation sites is 1. The summed E-state index contributed by atoms with van der Waals surface area (Å²) in [6.07, 6.45) is 0.895. The van der Waals surface area contributed by atoms with Crippen LogP contribution in [-0.4, -0.2) is 74.3 Å². The zero-order valence-electron chi connectivity index (χ0n) is 21.7. The van der Waals surface area contributed by atoms with Gasteiger partial charge in [-0.2, -0.15) is 0 Å². The predicted molar refractivity (Wildman–Crippen MR) is 139 cm³/mol. The summed E-state index contributed by atoms with van der Waals surface area (Å²) in [4.78, 5) is 29.8. The van der Waals surface area contributed by atoms with Crippen molar-refractivity contribution >= 4 is 23.3 Å². The van der Waals surface area contributed by atoms with Crippen LogP contribution in [0.25, 0.3) is 0 Å². The molecule has 0 saturated heterocycles. The third-order valence-electron chi connectivity index (χ3n) is 6.47. The second-order valence-electron chi connectivity index (χ2n) is 9.36. The lowest BCUT2D eigenvalue weighted by Crippen LogP contribution is -2.46. The highest BCUT2D eigenvalue weighted by atomic mass is 19.1. The van der Waals surface area contributed by atoms with Gasteiger partial charge in [0.15, 0.2) is 0 Å². The number of carbonyl (C=O) groups excluding carboxylic acids is 2. The fourth-order valence-corrected chi connectivity index (χ4v) is 4.37. The van der Waals surface area contributed by atoms with E-state index in [1.165, 1.54) is 12.1 Å². The predicted octanol–water partition coefficient (Wildman–Crippen LogP) is 4.69. The summed E-state index contributed by atoms with van der Waals surface area (Å²) >= 11 is 0. The highest BCUT2D eigenvalue weighted by molar-refractivity contribution is 6.01. The van der Waals surface area contributed by atoms with Gasteiger partial charge in [-0.15, -0.1) is 0 Å². The van der Waals surface area contributed by atoms with Crippen molar-refractivity contribution in [1.29, 1.82) is 0 Å². The van der Waals surface area contributed by atoms with Gasteiger partial charge in [-0.3, -0.25) is 9.69 Å². The second kappa shape index (κ2) is 12.7. The Labute approximate surface area is 212 Å². The minimum absolute atomic E-state index is 0.0705. The van der Waals surface area contributed by atoms with Gasteiger partial charge < -0.3 is 25.0 Å². The monoisotopic (exact) mass is 500 g/mol. The molecule has 196 valence electrons. The highest BCUT2D eigenvalue weighted by Gasteiger charge is 2.28. The Hall–Kier alpha value is -3.17. The van der Waals surface area contributed by atoms with E-state index in [-0.39, 0.29) is 29.7 Å². The van der Waals surface area contributed by atoms with Crippen LogP contribution in [0, 0.1) is 11.7 Å². The van der Waals surface area contributed by atoms with Gasteiger partial charge in [0, 0.05) is 45.0 Å². The third kappa shape index (κ3) is 6.95. The molecule has 9 heteroatoms. The zero-order chi connectivity index (χ0) is 26.2. The lowest BCUT2D eigenvalue weighted by Gasteiger charge is -2.35. The smallest absolute Gasteiger partial charge is 0.323 e. The first kappa shape index (κ1) is 27.4. The molecule has 2 aromatic carbocycles. The van der Waals surface area contributed by atoms with Crippen LogP contribution in [0.15, 0.2) is 42.5 Å². The second-order valence-corrected chi connectivity index (χ2v) is 9.36. The quantitative estimate of drug-likeness (QED) is 0.623. The topological polar surface area (TPSA) is 83.1 Å². The summed E-state index contributed by atoms with van der Waals surface area (Å²) in [5.41, 5.74) is 0.891. The Balaban J connectivity index is 1.86. The van der Waals surface area contributed by atoms with E-state index < -0.39 is 11.8 Å². The highest BCUT2D eigenvalue weighted by Crippen LogP contribution is 2.27. The van der Waals surface area contributed by atoms with E-state index in [9.17, 15) is 14.0 Å². The van der Waals surface area contributed by atoms with Crippen molar-refractivity contribution in [3.63, 3.8) is 0 Å². The molecule has 0 saturated carbocycles. The van der Waals surface area contributed by atoms with E-state index >= 15 is 0 Å². The van der Waals surface area contributed by atoms with Crippen LogP contribution in [0.1, 0.15) is 37.6 Å². The molecule has 0 spiro atoms. The first-order valence-electron chi connectivity index (χ1n) is 12.3. The average molecular weight is 501 g/mol. The van der Waals surface area contributed by atoms with Crippen molar-refractivity contribution in [3.8, 4) is 5.75 Å². The number of halogens is 1. The molecule has 2 aromatic rings. The largest absolute Gasteiger partial charge is 0.491 e. The minimum Gasteiger partial charge on any atom is -0.491 e. The number of amides is 3. The van der Waals surface area contributed by atoms with Crippen LogP contribution in [0.4, 0.5) is 20.6 Å². The molecule has 0 bridgehead atoms. The van der Waals surface area contributed by atoms with E-state index in [0.717, 1.165) is 19.5 Å². The summed E-state index contributed by atoms with van der Waals surface area (Å²) in [6.45, 7) is 8.96. The number of urea groups is 1. The first-order valence-corrected chi connectivity index (χ1v) is 12.3. The number of nitrogens with zero attached hydrogens (tertiary/aromatic N) is 2. The van der Waals surface area contributed by atoms with Gasteiger partial charge >= 0.3 is 6.03 Å². The molecule has 1 aliphatic rings. The van der Waals surface area contributed by atoms with Crippen LogP contribution in [0.2, 0.25) is 0 Å². The van der Waals surface area contributed by atoms with E-state index in [1.54, 1.807) is 49.4 Å². The average Bonchev–Trinajstić information content (AvgIpc) is 2.85. The molecule has 3 rings (SSSR count). The number of hydrogen-bond acceptors (Lipinski definition) is 5. The van der Waals surface area contributed by atoms with E-state index in [0.29, 0.717) is 30.2 Å². The maximum Gasteiger partial charge on any atom is 0.323 e. The third-order valence-corrected chi connectivity index (χ3v) is 6.47. The van der Waals surface area contributed by atoms with Gasteiger partial charge in [-0.05, 0) is 50.1 Å². The number of carbonyl (C=O) groups is 2. The molecule has 0 radical (unpaired) electrons. The first-order chi connectivity index (χ1) is 17.2. The van der Waals surface area contributed by atoms with E-state index in [4.69, 9.17) is 9.47 Å². The number of ether oxygens (including phenoxy) is 2. The number of hydrogen-bond donors (Lipinski definition) is 2. The van der Waals surface area contributed by atoms with Gasteiger partial charge in [0.05, 0.1) is 17.4 Å². The van der Waals surface area contributed by atoms with Crippen LogP contribution in [-0.2, 0) is 4.74 Å². The van der Waals surface area contributed by atoms with Crippen LogP contribution in [0.3, 0.4) is 0 Å². The summed E-state index contributed by atoms with van der Waals surface area (Å²) in [6, 6.07) is 10.3. The van der Waals surface area contributed by atoms with Crippen LogP contribution in [0.5, 0.6) is 5.75 Å². The molecule has 0 unspecified atom stereocenters. The van der Waals surface area contributed by atoms with Crippen molar-refractivity contribution in [2.45, 2.75) is 39.3 Å². The fraction of sp³-hybridized carbons (Fsp3) is 0.481. The van der Waals surface area contributed by atoms with Crippen LogP contribution >= 0.6 is 0 Å². The van der Waals surface area contributed by atoms with Gasteiger partial charge in [-0.1, -0.05) is 26.0 Å². The fourth-order valence-electron chi connectivity index (χ4n) is 4.37. The lowest BCUT2D eigenvalue weighted by molar-refractivity contribution is 0.0108. The molecule has 3 amide bonds. The molecule has 8 nitrogen and oxygen atoms in total. The number of fused-ring (bicyclic) bond motifs is 1. The molecule has 2 N–H and O–H groups in total. The van der Waals surface area contributed by atoms with Gasteiger partial charge in [0.2, 0.25) is 0 Å². The van der Waals surface area contributed by atoms with Crippen molar-refractivity contribution < 1.29 is 23.5 Å². The number of anilines is 2. The lowest BCUT2D eigenvalue weighted by atomic mass is 10.0. The van der Waals surface area contributed by atoms with Gasteiger partial charge in [-0.25, -0.2) is 9.18 Å². The molecule has 0 fully saturated rings. The van der Waals surface area contributed by atoms with Crippen molar-refractivity contribution in [3.05, 3.63) is 53.8 Å². The Morgan fingerprint density at radius 2 is 1.92 bits per heavy atom. The summed E-state index contributed by atoms with van der Waals surface area (Å²) in [5, 5.41) is 5.18. The van der Waals surface area contributed by atoms with Crippen LogP contribution < -0.4 is 15.4 Å². The number of methoxy groups -OCH3 is 1. The van der Waals surface area contributed by atoms with E-state index in [1.807, 2.05) is 0 Å². The molecule has 0 aliphatic carbocycles. The molecular weight excluding hydrogens is 463 g/mol. The maximum absolute atomic E-state index is 13.9. The number of nitrogens with one attached hydrogen (secondary N) is 2. The molecule has 0 aromatic heterocycles. The number of benzene rings is 2.